The summed E-state index contributed by atoms with van der Waals surface area (Å²) in [5.74, 6) is -0.559. The number of rotatable bonds is 1. The van der Waals surface area contributed by atoms with Gasteiger partial charge in [-0.05, 0) is 34.7 Å². The van der Waals surface area contributed by atoms with Crippen LogP contribution in [0, 0.1) is 9.39 Å². The molecule has 0 amide bonds. The Morgan fingerprint density at radius 1 is 1.58 bits per heavy atom. The highest BCUT2D eigenvalue weighted by molar-refractivity contribution is 14.1. The molecule has 0 saturated heterocycles. The summed E-state index contributed by atoms with van der Waals surface area (Å²) in [7, 11) is 0. The second-order valence-corrected chi connectivity index (χ2v) is 3.22. The van der Waals surface area contributed by atoms with Crippen molar-refractivity contribution in [1.82, 2.24) is 0 Å². The van der Waals surface area contributed by atoms with Crippen molar-refractivity contribution in [1.29, 1.82) is 0 Å². The van der Waals surface area contributed by atoms with Crippen molar-refractivity contribution in [3.8, 4) is 5.75 Å². The summed E-state index contributed by atoms with van der Waals surface area (Å²) in [4.78, 5) is 10.5. The van der Waals surface area contributed by atoms with Gasteiger partial charge in [0.1, 0.15) is 11.6 Å². The molecule has 1 aromatic rings. The van der Waals surface area contributed by atoms with Crippen LogP contribution in [-0.2, 0) is 4.79 Å². The number of halogens is 2. The number of benzene rings is 1. The molecule has 0 radical (unpaired) electrons. The zero-order valence-corrected chi connectivity index (χ0v) is 8.46. The van der Waals surface area contributed by atoms with Crippen LogP contribution in [0.2, 0.25) is 0 Å². The Labute approximate surface area is 82.9 Å². The normalized spacial score (nSPS) is 9.58. The highest BCUT2D eigenvalue weighted by Crippen LogP contribution is 2.22. The minimum atomic E-state index is -0.446. The molecule has 0 aromatic heterocycles. The van der Waals surface area contributed by atoms with E-state index < -0.39 is 5.97 Å². The van der Waals surface area contributed by atoms with E-state index in [2.05, 4.69) is 0 Å². The lowest BCUT2D eigenvalue weighted by molar-refractivity contribution is -0.131. The number of hydrogen-bond donors (Lipinski definition) is 0. The highest BCUT2D eigenvalue weighted by atomic mass is 127. The minimum Gasteiger partial charge on any atom is -0.425 e. The van der Waals surface area contributed by atoms with E-state index in [0.29, 0.717) is 3.57 Å². The van der Waals surface area contributed by atoms with E-state index in [4.69, 9.17) is 4.74 Å². The van der Waals surface area contributed by atoms with Gasteiger partial charge in [-0.15, -0.1) is 0 Å². The van der Waals surface area contributed by atoms with Gasteiger partial charge >= 0.3 is 5.97 Å². The van der Waals surface area contributed by atoms with Gasteiger partial charge in [-0.3, -0.25) is 4.79 Å². The second kappa shape index (κ2) is 3.84. The van der Waals surface area contributed by atoms with Crippen LogP contribution in [0.3, 0.4) is 0 Å². The van der Waals surface area contributed by atoms with Crippen molar-refractivity contribution < 1.29 is 13.9 Å². The van der Waals surface area contributed by atoms with E-state index in [9.17, 15) is 9.18 Å². The van der Waals surface area contributed by atoms with Crippen LogP contribution in [0.1, 0.15) is 6.92 Å². The quantitative estimate of drug-likeness (QED) is 0.448. The van der Waals surface area contributed by atoms with Crippen LogP contribution in [0.4, 0.5) is 4.39 Å². The standard InChI is InChI=1S/C8H6FIO2/c1-5(11)12-7-4-2-3-6(9)8(7)10/h2-4H,1H3. The summed E-state index contributed by atoms with van der Waals surface area (Å²) in [6, 6.07) is 4.36. The zero-order valence-electron chi connectivity index (χ0n) is 6.30. The molecule has 0 saturated carbocycles. The molecule has 0 aliphatic carbocycles. The Hall–Kier alpha value is -0.650. The minimum absolute atomic E-state index is 0.267. The number of carbonyl (C=O) groups excluding carboxylic acids is 1. The van der Waals surface area contributed by atoms with Gasteiger partial charge in [0.05, 0.1) is 3.57 Å². The Kier molecular flexibility index (Phi) is 3.02. The highest BCUT2D eigenvalue weighted by Gasteiger charge is 2.07. The van der Waals surface area contributed by atoms with Gasteiger partial charge in [0.25, 0.3) is 0 Å². The van der Waals surface area contributed by atoms with E-state index in [-0.39, 0.29) is 11.6 Å². The van der Waals surface area contributed by atoms with Crippen molar-refractivity contribution in [3.05, 3.63) is 27.6 Å². The third kappa shape index (κ3) is 2.17. The molecule has 0 fully saturated rings. The SMILES string of the molecule is CC(=O)Oc1cccc(F)c1I. The summed E-state index contributed by atoms with van der Waals surface area (Å²) < 4.78 is 17.9. The van der Waals surface area contributed by atoms with Crippen LogP contribution in [-0.4, -0.2) is 5.97 Å². The van der Waals surface area contributed by atoms with Gasteiger partial charge in [0.2, 0.25) is 0 Å². The molecule has 0 unspecified atom stereocenters. The van der Waals surface area contributed by atoms with Gasteiger partial charge < -0.3 is 4.74 Å². The van der Waals surface area contributed by atoms with Crippen LogP contribution >= 0.6 is 22.6 Å². The van der Waals surface area contributed by atoms with E-state index in [1.165, 1.54) is 19.1 Å². The molecule has 0 spiro atoms. The molecule has 4 heteroatoms. The lowest BCUT2D eigenvalue weighted by Crippen LogP contribution is -2.03. The van der Waals surface area contributed by atoms with Gasteiger partial charge in [-0.1, -0.05) is 6.07 Å². The fourth-order valence-electron chi connectivity index (χ4n) is 0.718. The number of esters is 1. The molecular weight excluding hydrogens is 274 g/mol. The van der Waals surface area contributed by atoms with Crippen molar-refractivity contribution in [3.63, 3.8) is 0 Å². The largest absolute Gasteiger partial charge is 0.425 e. The van der Waals surface area contributed by atoms with Crippen LogP contribution in [0.5, 0.6) is 5.75 Å². The third-order valence-corrected chi connectivity index (χ3v) is 2.22. The van der Waals surface area contributed by atoms with Crippen molar-refractivity contribution >= 4 is 28.6 Å². The maximum absolute atomic E-state index is 12.8. The Bertz CT molecular complexity index is 312. The summed E-state index contributed by atoms with van der Waals surface area (Å²) >= 11 is 1.79. The summed E-state index contributed by atoms with van der Waals surface area (Å²) in [6.45, 7) is 1.28. The van der Waals surface area contributed by atoms with Gasteiger partial charge in [-0.25, -0.2) is 4.39 Å². The molecule has 64 valence electrons. The summed E-state index contributed by atoms with van der Waals surface area (Å²) in [6.07, 6.45) is 0. The summed E-state index contributed by atoms with van der Waals surface area (Å²) in [5, 5.41) is 0. The average Bonchev–Trinajstić information content (AvgIpc) is 1.98. The molecule has 0 N–H and O–H groups in total. The number of carbonyl (C=O) groups is 1. The predicted octanol–water partition coefficient (Wildman–Crippen LogP) is 2.36. The Morgan fingerprint density at radius 2 is 2.25 bits per heavy atom. The Morgan fingerprint density at radius 3 is 2.83 bits per heavy atom. The first-order chi connectivity index (χ1) is 5.61. The lowest BCUT2D eigenvalue weighted by atomic mass is 10.3. The second-order valence-electron chi connectivity index (χ2n) is 2.15. The molecule has 0 atom stereocenters. The zero-order chi connectivity index (χ0) is 9.14. The fourth-order valence-corrected chi connectivity index (χ4v) is 1.19. The maximum Gasteiger partial charge on any atom is 0.308 e. The number of hydrogen-bond acceptors (Lipinski definition) is 2. The van der Waals surface area contributed by atoms with E-state index >= 15 is 0 Å². The first-order valence-electron chi connectivity index (χ1n) is 3.23. The first-order valence-corrected chi connectivity index (χ1v) is 4.31. The maximum atomic E-state index is 12.8. The van der Waals surface area contributed by atoms with Crippen LogP contribution in [0.25, 0.3) is 0 Å². The van der Waals surface area contributed by atoms with E-state index in [1.54, 1.807) is 28.7 Å². The van der Waals surface area contributed by atoms with Crippen molar-refractivity contribution in [2.24, 2.45) is 0 Å². The average molecular weight is 280 g/mol. The molecule has 2 nitrogen and oxygen atoms in total. The van der Waals surface area contributed by atoms with Crippen LogP contribution < -0.4 is 4.74 Å². The molecular formula is C8H6FIO2. The fraction of sp³-hybridized carbons (Fsp3) is 0.125. The molecule has 0 aliphatic heterocycles. The molecule has 0 heterocycles. The molecule has 0 aliphatic rings. The van der Waals surface area contributed by atoms with Crippen molar-refractivity contribution in [2.75, 3.05) is 0 Å². The molecule has 1 aromatic carbocycles. The molecule has 1 rings (SSSR count). The van der Waals surface area contributed by atoms with Crippen LogP contribution in [0.15, 0.2) is 18.2 Å². The van der Waals surface area contributed by atoms with E-state index in [1.807, 2.05) is 0 Å². The topological polar surface area (TPSA) is 26.3 Å². The van der Waals surface area contributed by atoms with Gasteiger partial charge in [0, 0.05) is 6.92 Å². The predicted molar refractivity (Wildman–Crippen MR) is 50.4 cm³/mol. The smallest absolute Gasteiger partial charge is 0.308 e. The molecule has 12 heavy (non-hydrogen) atoms. The summed E-state index contributed by atoms with van der Waals surface area (Å²) in [5.41, 5.74) is 0. The van der Waals surface area contributed by atoms with Crippen molar-refractivity contribution in [2.45, 2.75) is 6.92 Å². The third-order valence-electron chi connectivity index (χ3n) is 1.17. The van der Waals surface area contributed by atoms with Gasteiger partial charge in [-0.2, -0.15) is 0 Å². The van der Waals surface area contributed by atoms with Gasteiger partial charge in [0.15, 0.2) is 0 Å². The number of ether oxygens (including phenoxy) is 1. The Balaban J connectivity index is 3.00. The molecule has 0 bridgehead atoms. The van der Waals surface area contributed by atoms with E-state index in [0.717, 1.165) is 0 Å². The lowest BCUT2D eigenvalue weighted by Gasteiger charge is -2.03. The first kappa shape index (κ1) is 9.44. The monoisotopic (exact) mass is 280 g/mol.